The molecule has 0 radical (unpaired) electrons. The van der Waals surface area contributed by atoms with Gasteiger partial charge in [-0.15, -0.1) is 36.2 Å². The minimum atomic E-state index is -0.00334. The topological polar surface area (TPSA) is 68.0 Å². The van der Waals surface area contributed by atoms with E-state index in [2.05, 4.69) is 29.4 Å². The summed E-state index contributed by atoms with van der Waals surface area (Å²) in [5, 5.41) is 5.79. The highest BCUT2D eigenvalue weighted by Crippen LogP contribution is 2.24. The highest BCUT2D eigenvalue weighted by Gasteiger charge is 2.10. The van der Waals surface area contributed by atoms with E-state index in [9.17, 15) is 4.79 Å². The van der Waals surface area contributed by atoms with Crippen molar-refractivity contribution in [2.45, 2.75) is 20.3 Å². The second-order valence-corrected chi connectivity index (χ2v) is 6.19. The number of nitrogens with two attached hydrogens (primary N) is 1. The number of benzene rings is 1. The average Bonchev–Trinajstić information content (AvgIpc) is 2.93. The smallest absolute Gasteiger partial charge is 0.226 e. The van der Waals surface area contributed by atoms with Crippen LogP contribution < -0.4 is 11.1 Å². The van der Waals surface area contributed by atoms with Gasteiger partial charge in [0.25, 0.3) is 0 Å². The van der Waals surface area contributed by atoms with E-state index in [1.165, 1.54) is 5.56 Å². The van der Waals surface area contributed by atoms with E-state index in [-0.39, 0.29) is 30.7 Å². The third kappa shape index (κ3) is 6.87. The number of carbonyl (C=O) groups is 1. The first-order valence-corrected chi connectivity index (χ1v) is 7.94. The third-order valence-corrected chi connectivity index (χ3v) is 4.15. The summed E-state index contributed by atoms with van der Waals surface area (Å²) in [6, 6.07) is 8.22. The van der Waals surface area contributed by atoms with Crippen LogP contribution in [0.5, 0.6) is 0 Å². The Morgan fingerprint density at radius 2 is 2.13 bits per heavy atom. The number of carbonyl (C=O) groups excluding carboxylic acids is 1. The fraction of sp³-hybridized carbons (Fsp3) is 0.375. The lowest BCUT2D eigenvalue weighted by Crippen LogP contribution is -2.32. The van der Waals surface area contributed by atoms with Gasteiger partial charge in [-0.3, -0.25) is 4.79 Å². The molecule has 0 fully saturated rings. The van der Waals surface area contributed by atoms with Crippen molar-refractivity contribution in [2.75, 3.05) is 13.1 Å². The second-order valence-electron chi connectivity index (χ2n) is 5.34. The van der Waals surface area contributed by atoms with Crippen LogP contribution in [0.15, 0.2) is 29.6 Å². The fourth-order valence-electron chi connectivity index (χ4n) is 1.90. The zero-order valence-corrected chi connectivity index (χ0v) is 15.7. The Bertz CT molecular complexity index is 619. The molecule has 0 saturated carbocycles. The predicted octanol–water partition coefficient (Wildman–Crippen LogP) is 3.22. The molecule has 7 heteroatoms. The molecule has 0 aliphatic carbocycles. The Hall–Kier alpha value is -1.14. The van der Waals surface area contributed by atoms with Crippen molar-refractivity contribution < 1.29 is 4.79 Å². The number of aryl methyl sites for hydroxylation is 1. The van der Waals surface area contributed by atoms with Gasteiger partial charge in [-0.2, -0.15) is 0 Å². The SMILES string of the molecule is Cc1cccc(-c2nc(CC(=O)NCC(C)CN)cs2)c1.Cl.Cl. The Morgan fingerprint density at radius 3 is 2.78 bits per heavy atom. The molecular weight excluding hydrogens is 353 g/mol. The summed E-state index contributed by atoms with van der Waals surface area (Å²) in [5.74, 6) is 0.295. The Kier molecular flexibility index (Phi) is 10.1. The Morgan fingerprint density at radius 1 is 1.39 bits per heavy atom. The first-order chi connectivity index (χ1) is 10.1. The molecule has 0 spiro atoms. The summed E-state index contributed by atoms with van der Waals surface area (Å²) in [7, 11) is 0. The van der Waals surface area contributed by atoms with Crippen LogP contribution in [0.3, 0.4) is 0 Å². The van der Waals surface area contributed by atoms with Gasteiger partial charge in [-0.25, -0.2) is 4.98 Å². The van der Waals surface area contributed by atoms with Crippen molar-refractivity contribution in [1.82, 2.24) is 10.3 Å². The molecule has 1 heterocycles. The molecule has 1 unspecified atom stereocenters. The minimum Gasteiger partial charge on any atom is -0.355 e. The number of amides is 1. The van der Waals surface area contributed by atoms with Crippen LogP contribution in [0.25, 0.3) is 10.6 Å². The lowest BCUT2D eigenvalue weighted by atomic mass is 10.1. The Balaban J connectivity index is 0.00000242. The van der Waals surface area contributed by atoms with Crippen molar-refractivity contribution in [1.29, 1.82) is 0 Å². The van der Waals surface area contributed by atoms with Crippen molar-refractivity contribution in [3.05, 3.63) is 40.9 Å². The third-order valence-electron chi connectivity index (χ3n) is 3.21. The monoisotopic (exact) mass is 375 g/mol. The van der Waals surface area contributed by atoms with Crippen LogP contribution in [0.1, 0.15) is 18.2 Å². The molecule has 0 bridgehead atoms. The number of halogens is 2. The van der Waals surface area contributed by atoms with Gasteiger partial charge in [-0.1, -0.05) is 30.7 Å². The van der Waals surface area contributed by atoms with E-state index in [0.717, 1.165) is 16.3 Å². The summed E-state index contributed by atoms with van der Waals surface area (Å²) in [4.78, 5) is 16.4. The molecule has 1 amide bonds. The van der Waals surface area contributed by atoms with E-state index >= 15 is 0 Å². The molecule has 128 valence electrons. The molecule has 1 atom stereocenters. The molecule has 23 heavy (non-hydrogen) atoms. The summed E-state index contributed by atoms with van der Waals surface area (Å²) in [6.07, 6.45) is 0.319. The highest BCUT2D eigenvalue weighted by molar-refractivity contribution is 7.13. The molecule has 0 saturated heterocycles. The van der Waals surface area contributed by atoms with Crippen LogP contribution in [0, 0.1) is 12.8 Å². The van der Waals surface area contributed by atoms with Crippen LogP contribution in [-0.2, 0) is 11.2 Å². The first kappa shape index (κ1) is 21.9. The molecule has 1 aromatic carbocycles. The van der Waals surface area contributed by atoms with E-state index in [4.69, 9.17) is 5.73 Å². The normalized spacial score (nSPS) is 11.1. The molecule has 2 rings (SSSR count). The number of nitrogens with zero attached hydrogens (tertiary/aromatic N) is 1. The van der Waals surface area contributed by atoms with Gasteiger partial charge >= 0.3 is 0 Å². The van der Waals surface area contributed by atoms with Gasteiger partial charge in [0.05, 0.1) is 12.1 Å². The zero-order chi connectivity index (χ0) is 15.2. The molecule has 1 aromatic heterocycles. The first-order valence-electron chi connectivity index (χ1n) is 7.06. The van der Waals surface area contributed by atoms with Crippen LogP contribution in [0.2, 0.25) is 0 Å². The lowest BCUT2D eigenvalue weighted by Gasteiger charge is -2.09. The quantitative estimate of drug-likeness (QED) is 0.814. The summed E-state index contributed by atoms with van der Waals surface area (Å²) < 4.78 is 0. The van der Waals surface area contributed by atoms with Gasteiger partial charge in [0.15, 0.2) is 0 Å². The number of rotatable bonds is 6. The number of nitrogens with one attached hydrogen (secondary N) is 1. The molecule has 4 nitrogen and oxygen atoms in total. The minimum absolute atomic E-state index is 0. The predicted molar refractivity (Wildman–Crippen MR) is 102 cm³/mol. The van der Waals surface area contributed by atoms with Crippen molar-refractivity contribution in [2.24, 2.45) is 11.7 Å². The van der Waals surface area contributed by atoms with Crippen LogP contribution in [-0.4, -0.2) is 24.0 Å². The summed E-state index contributed by atoms with van der Waals surface area (Å²) >= 11 is 1.57. The van der Waals surface area contributed by atoms with E-state index in [1.807, 2.05) is 24.4 Å². The van der Waals surface area contributed by atoms with Crippen LogP contribution >= 0.6 is 36.2 Å². The summed E-state index contributed by atoms with van der Waals surface area (Å²) in [5.41, 5.74) is 8.65. The number of thiazole rings is 1. The van der Waals surface area contributed by atoms with Gasteiger partial charge in [0, 0.05) is 17.5 Å². The molecule has 0 aliphatic heterocycles. The van der Waals surface area contributed by atoms with Gasteiger partial charge in [-0.05, 0) is 25.5 Å². The molecular formula is C16H23Cl2N3OS. The fourth-order valence-corrected chi connectivity index (χ4v) is 2.71. The number of aromatic nitrogens is 1. The van der Waals surface area contributed by atoms with E-state index < -0.39 is 0 Å². The zero-order valence-electron chi connectivity index (χ0n) is 13.2. The average molecular weight is 376 g/mol. The van der Waals surface area contributed by atoms with Gasteiger partial charge in [0.2, 0.25) is 5.91 Å². The Labute approximate surface area is 153 Å². The second kappa shape index (κ2) is 10.6. The maximum atomic E-state index is 11.8. The van der Waals surface area contributed by atoms with Crippen LogP contribution in [0.4, 0.5) is 0 Å². The highest BCUT2D eigenvalue weighted by atomic mass is 35.5. The molecule has 3 N–H and O–H groups in total. The van der Waals surface area contributed by atoms with E-state index in [1.54, 1.807) is 11.3 Å². The summed E-state index contributed by atoms with van der Waals surface area (Å²) in [6.45, 7) is 5.27. The van der Waals surface area contributed by atoms with Crippen molar-refractivity contribution >= 4 is 42.1 Å². The van der Waals surface area contributed by atoms with E-state index in [0.29, 0.717) is 25.4 Å². The number of hydrogen-bond acceptors (Lipinski definition) is 4. The van der Waals surface area contributed by atoms with Gasteiger partial charge in [0.1, 0.15) is 5.01 Å². The largest absolute Gasteiger partial charge is 0.355 e. The van der Waals surface area contributed by atoms with Gasteiger partial charge < -0.3 is 11.1 Å². The lowest BCUT2D eigenvalue weighted by molar-refractivity contribution is -0.120. The maximum Gasteiger partial charge on any atom is 0.226 e. The standard InChI is InChI=1S/C16H21N3OS.2ClH/c1-11-4-3-5-13(6-11)16-19-14(10-21-16)7-15(20)18-9-12(2)8-17;;/h3-6,10,12H,7-9,17H2,1-2H3,(H,18,20);2*1H. The molecule has 0 aliphatic rings. The van der Waals surface area contributed by atoms with Crippen molar-refractivity contribution in [3.8, 4) is 10.6 Å². The maximum absolute atomic E-state index is 11.8. The number of hydrogen-bond donors (Lipinski definition) is 2. The van der Waals surface area contributed by atoms with Crippen molar-refractivity contribution in [3.63, 3.8) is 0 Å². The molecule has 2 aromatic rings.